The van der Waals surface area contributed by atoms with Crippen molar-refractivity contribution in [3.8, 4) is 11.5 Å². The van der Waals surface area contributed by atoms with Gasteiger partial charge in [0.25, 0.3) is 5.69 Å². The number of rotatable bonds is 6. The lowest BCUT2D eigenvalue weighted by atomic mass is 10.1. The summed E-state index contributed by atoms with van der Waals surface area (Å²) in [6.45, 7) is 1.73. The second-order valence-electron chi connectivity index (χ2n) is 6.17. The zero-order valence-corrected chi connectivity index (χ0v) is 17.4. The van der Waals surface area contributed by atoms with Gasteiger partial charge in [0.05, 0.1) is 29.2 Å². The largest absolute Gasteiger partial charge is 0.507 e. The molecule has 0 unspecified atom stereocenters. The van der Waals surface area contributed by atoms with E-state index in [1.54, 1.807) is 19.1 Å². The molecule has 0 aliphatic carbocycles. The Morgan fingerprint density at radius 3 is 2.55 bits per heavy atom. The van der Waals surface area contributed by atoms with Crippen LogP contribution in [0.3, 0.4) is 0 Å². The van der Waals surface area contributed by atoms with Gasteiger partial charge in [-0.25, -0.2) is 9.79 Å². The summed E-state index contributed by atoms with van der Waals surface area (Å²) in [4.78, 5) is 27.4. The summed E-state index contributed by atoms with van der Waals surface area (Å²) in [5.41, 5.74) is 0.501. The average Bonchev–Trinajstić information content (AvgIpc) is 3.05. The monoisotopic (exact) mass is 442 g/mol. The van der Waals surface area contributed by atoms with Crippen molar-refractivity contribution in [2.45, 2.75) is 6.92 Å². The van der Waals surface area contributed by atoms with Crippen LogP contribution in [0.15, 0.2) is 63.7 Å². The quantitative estimate of drug-likeness (QED) is 0.380. The van der Waals surface area contributed by atoms with Gasteiger partial charge in [0.1, 0.15) is 27.9 Å². The van der Waals surface area contributed by atoms with E-state index in [-0.39, 0.29) is 39.3 Å². The van der Waals surface area contributed by atoms with Crippen LogP contribution >= 0.6 is 11.8 Å². The molecule has 0 bridgehead atoms. The molecular formula is C21H18N2O7S. The first-order valence-electron chi connectivity index (χ1n) is 9.04. The van der Waals surface area contributed by atoms with E-state index < -0.39 is 10.9 Å². The van der Waals surface area contributed by atoms with Crippen LogP contribution in [0, 0.1) is 10.1 Å². The summed E-state index contributed by atoms with van der Waals surface area (Å²) in [6.07, 6.45) is 1.50. The number of esters is 1. The Bertz CT molecular complexity index is 1120. The van der Waals surface area contributed by atoms with Crippen molar-refractivity contribution >= 4 is 40.2 Å². The molecule has 0 atom stereocenters. The van der Waals surface area contributed by atoms with Gasteiger partial charge in [-0.2, -0.15) is 0 Å². The van der Waals surface area contributed by atoms with Gasteiger partial charge in [-0.05, 0) is 43.3 Å². The smallest absolute Gasteiger partial charge is 0.344 e. The predicted octanol–water partition coefficient (Wildman–Crippen LogP) is 4.50. The van der Waals surface area contributed by atoms with E-state index >= 15 is 0 Å². The van der Waals surface area contributed by atoms with Gasteiger partial charge in [-0.1, -0.05) is 11.8 Å². The van der Waals surface area contributed by atoms with E-state index in [9.17, 15) is 25.1 Å². The molecule has 2 aromatic rings. The third-order valence-corrected chi connectivity index (χ3v) is 5.20. The van der Waals surface area contributed by atoms with Gasteiger partial charge in [-0.15, -0.1) is 0 Å². The van der Waals surface area contributed by atoms with Crippen molar-refractivity contribution in [2.75, 3.05) is 13.7 Å². The van der Waals surface area contributed by atoms with Crippen molar-refractivity contribution in [3.05, 3.63) is 74.4 Å². The Kier molecular flexibility index (Phi) is 6.61. The van der Waals surface area contributed by atoms with E-state index in [2.05, 4.69) is 4.99 Å². The van der Waals surface area contributed by atoms with E-state index in [1.165, 1.54) is 43.5 Å². The average molecular weight is 442 g/mol. The number of nitrogens with zero attached hydrogens (tertiary/aromatic N) is 2. The number of aliphatic hydroxyl groups excluding tert-OH is 1. The van der Waals surface area contributed by atoms with Crippen molar-refractivity contribution in [3.63, 3.8) is 0 Å². The van der Waals surface area contributed by atoms with Gasteiger partial charge in [-0.3, -0.25) is 10.1 Å². The number of benzene rings is 2. The van der Waals surface area contributed by atoms with Crippen LogP contribution in [-0.4, -0.2) is 39.9 Å². The van der Waals surface area contributed by atoms with Crippen LogP contribution in [0.4, 0.5) is 11.4 Å². The molecule has 1 aliphatic rings. The van der Waals surface area contributed by atoms with Crippen LogP contribution in [0.25, 0.3) is 6.08 Å². The van der Waals surface area contributed by atoms with Gasteiger partial charge in [0.15, 0.2) is 0 Å². The summed E-state index contributed by atoms with van der Waals surface area (Å²) in [6, 6.07) is 10.0. The number of nitro groups is 1. The molecule has 1 aliphatic heterocycles. The number of hydrogen-bond acceptors (Lipinski definition) is 9. The number of thioether (sulfide) groups is 1. The molecule has 0 spiro atoms. The zero-order chi connectivity index (χ0) is 22.5. The number of methoxy groups -OCH3 is 1. The second kappa shape index (κ2) is 9.35. The third kappa shape index (κ3) is 4.86. The molecule has 2 aromatic carbocycles. The molecule has 160 valence electrons. The molecule has 0 radical (unpaired) electrons. The number of carbonyl (C=O) groups is 1. The van der Waals surface area contributed by atoms with Crippen LogP contribution in [-0.2, 0) is 9.53 Å². The van der Waals surface area contributed by atoms with E-state index in [0.717, 1.165) is 11.8 Å². The second-order valence-corrected chi connectivity index (χ2v) is 7.20. The van der Waals surface area contributed by atoms with Crippen LogP contribution in [0.1, 0.15) is 12.5 Å². The topological polar surface area (TPSA) is 131 Å². The number of aliphatic hydroxyl groups is 1. The van der Waals surface area contributed by atoms with E-state index in [4.69, 9.17) is 9.47 Å². The highest BCUT2D eigenvalue weighted by molar-refractivity contribution is 8.18. The molecule has 0 amide bonds. The third-order valence-electron chi connectivity index (χ3n) is 4.18. The van der Waals surface area contributed by atoms with E-state index in [1.807, 2.05) is 0 Å². The highest BCUT2D eigenvalue weighted by Gasteiger charge is 2.33. The van der Waals surface area contributed by atoms with Crippen molar-refractivity contribution < 1.29 is 29.4 Å². The Morgan fingerprint density at radius 2 is 1.94 bits per heavy atom. The number of non-ortho nitro benzene ring substituents is 1. The van der Waals surface area contributed by atoms with Crippen LogP contribution in [0.2, 0.25) is 0 Å². The lowest BCUT2D eigenvalue weighted by Crippen LogP contribution is -2.12. The minimum absolute atomic E-state index is 0.0415. The first-order chi connectivity index (χ1) is 14.8. The Hall–Kier alpha value is -3.79. The SMILES string of the molecule is CCOC(=O)C1=C(O)C(=Cc2cc(OC)ccc2O)SC1=Nc1ccc([N+](=O)[O-])cc1. The highest BCUT2D eigenvalue weighted by atomic mass is 32.2. The first kappa shape index (κ1) is 21.9. The molecule has 31 heavy (non-hydrogen) atoms. The number of phenolic OH excluding ortho intramolecular Hbond substituents is 1. The normalized spacial score (nSPS) is 16.1. The summed E-state index contributed by atoms with van der Waals surface area (Å²) in [7, 11) is 1.48. The maximum Gasteiger partial charge on any atom is 0.344 e. The van der Waals surface area contributed by atoms with Crippen molar-refractivity contribution in [1.29, 1.82) is 0 Å². The molecule has 9 nitrogen and oxygen atoms in total. The van der Waals surface area contributed by atoms with Crippen LogP contribution < -0.4 is 4.74 Å². The molecule has 3 rings (SSSR count). The maximum atomic E-state index is 12.4. The molecule has 0 saturated carbocycles. The van der Waals surface area contributed by atoms with Gasteiger partial charge in [0.2, 0.25) is 0 Å². The van der Waals surface area contributed by atoms with Crippen LogP contribution in [0.5, 0.6) is 11.5 Å². The molecule has 1 heterocycles. The summed E-state index contributed by atoms with van der Waals surface area (Å²) in [5.74, 6) is -0.639. The number of nitro benzene ring substituents is 1. The number of phenols is 1. The molecule has 10 heteroatoms. The fourth-order valence-corrected chi connectivity index (χ4v) is 3.70. The molecule has 0 aromatic heterocycles. The predicted molar refractivity (Wildman–Crippen MR) is 117 cm³/mol. The number of ether oxygens (including phenoxy) is 2. The van der Waals surface area contributed by atoms with Gasteiger partial charge < -0.3 is 19.7 Å². The number of carbonyl (C=O) groups excluding carboxylic acids is 1. The van der Waals surface area contributed by atoms with E-state index in [0.29, 0.717) is 17.0 Å². The molecule has 2 N–H and O–H groups in total. The van der Waals surface area contributed by atoms with Crippen molar-refractivity contribution in [1.82, 2.24) is 0 Å². The fourth-order valence-electron chi connectivity index (χ4n) is 2.67. The molecular weight excluding hydrogens is 424 g/mol. The molecule has 0 fully saturated rings. The Morgan fingerprint density at radius 1 is 1.23 bits per heavy atom. The lowest BCUT2D eigenvalue weighted by molar-refractivity contribution is -0.384. The maximum absolute atomic E-state index is 12.4. The lowest BCUT2D eigenvalue weighted by Gasteiger charge is -2.04. The Labute approximate surface area is 181 Å². The highest BCUT2D eigenvalue weighted by Crippen LogP contribution is 2.41. The minimum Gasteiger partial charge on any atom is -0.507 e. The standard InChI is InChI=1S/C21H18N2O7S/c1-3-30-21(26)18-19(25)17(11-12-10-15(29-2)8-9-16(12)24)31-20(18)22-13-4-6-14(7-5-13)23(27)28/h4-11,24-25H,3H2,1-2H3. The number of hydrogen-bond donors (Lipinski definition) is 2. The summed E-state index contributed by atoms with van der Waals surface area (Å²) < 4.78 is 10.2. The summed E-state index contributed by atoms with van der Waals surface area (Å²) >= 11 is 1.00. The minimum atomic E-state index is -0.758. The number of aromatic hydroxyl groups is 1. The zero-order valence-electron chi connectivity index (χ0n) is 16.6. The number of aliphatic imine (C=N–C) groups is 1. The Balaban J connectivity index is 2.05. The summed E-state index contributed by atoms with van der Waals surface area (Å²) in [5, 5.41) is 31.8. The van der Waals surface area contributed by atoms with Gasteiger partial charge >= 0.3 is 5.97 Å². The van der Waals surface area contributed by atoms with Crippen molar-refractivity contribution in [2.24, 2.45) is 4.99 Å². The first-order valence-corrected chi connectivity index (χ1v) is 9.86. The van der Waals surface area contributed by atoms with Gasteiger partial charge in [0, 0.05) is 17.7 Å². The molecule has 0 saturated heterocycles. The fraction of sp³-hybridized carbons (Fsp3) is 0.143.